The molecule has 0 bridgehead atoms. The van der Waals surface area contributed by atoms with Crippen LogP contribution in [0.25, 0.3) is 0 Å². The van der Waals surface area contributed by atoms with Crippen LogP contribution in [-0.4, -0.2) is 48.9 Å². The third-order valence-electron chi connectivity index (χ3n) is 5.05. The van der Waals surface area contributed by atoms with Gasteiger partial charge in [0, 0.05) is 18.9 Å². The van der Waals surface area contributed by atoms with E-state index in [1.54, 1.807) is 7.11 Å². The summed E-state index contributed by atoms with van der Waals surface area (Å²) in [7, 11) is 1.65. The minimum Gasteiger partial charge on any atom is -0.497 e. The summed E-state index contributed by atoms with van der Waals surface area (Å²) in [5.74, 6) is 0.919. The number of rotatable bonds is 7. The molecule has 136 valence electrons. The maximum atomic E-state index is 12.1. The van der Waals surface area contributed by atoms with Gasteiger partial charge in [0.25, 0.3) is 0 Å². The van der Waals surface area contributed by atoms with Gasteiger partial charge >= 0.3 is 0 Å². The standard InChI is InChI=1S/C19H28N4O2/c1-14-5-3-11-23(14)12-4-6-19(24)20-18-13-17(21-22-18)15-7-9-16(25-2)10-8-15/h7-10,14,18,22H,3-6,11-13H2,1-2H3,(H,20,24)/t14-,18?/m0/s1. The zero-order valence-corrected chi connectivity index (χ0v) is 15.1. The number of methoxy groups -OCH3 is 1. The molecule has 0 radical (unpaired) electrons. The Morgan fingerprint density at radius 2 is 2.20 bits per heavy atom. The molecule has 1 fully saturated rings. The van der Waals surface area contributed by atoms with Crippen molar-refractivity contribution in [1.29, 1.82) is 0 Å². The molecule has 1 aromatic carbocycles. The normalized spacial score (nSPS) is 23.2. The maximum Gasteiger partial charge on any atom is 0.221 e. The number of benzene rings is 1. The molecule has 0 aromatic heterocycles. The molecule has 3 rings (SSSR count). The highest BCUT2D eigenvalue weighted by molar-refractivity contribution is 6.02. The second-order valence-corrected chi connectivity index (χ2v) is 6.87. The van der Waals surface area contributed by atoms with Gasteiger partial charge in [0.2, 0.25) is 5.91 Å². The van der Waals surface area contributed by atoms with Crippen molar-refractivity contribution >= 4 is 11.6 Å². The van der Waals surface area contributed by atoms with Crippen LogP contribution in [0.2, 0.25) is 0 Å². The summed E-state index contributed by atoms with van der Waals surface area (Å²) in [5, 5.41) is 7.38. The predicted octanol–water partition coefficient (Wildman–Crippen LogP) is 2.10. The number of ether oxygens (including phenoxy) is 1. The van der Waals surface area contributed by atoms with Crippen molar-refractivity contribution in [1.82, 2.24) is 15.6 Å². The number of nitrogens with zero attached hydrogens (tertiary/aromatic N) is 2. The highest BCUT2D eigenvalue weighted by atomic mass is 16.5. The molecule has 1 unspecified atom stereocenters. The topological polar surface area (TPSA) is 66.0 Å². The van der Waals surface area contributed by atoms with Crippen LogP contribution in [-0.2, 0) is 4.79 Å². The van der Waals surface area contributed by atoms with Crippen molar-refractivity contribution in [3.05, 3.63) is 29.8 Å². The zero-order valence-electron chi connectivity index (χ0n) is 15.1. The van der Waals surface area contributed by atoms with E-state index in [1.165, 1.54) is 19.4 Å². The third kappa shape index (κ3) is 4.72. The Balaban J connectivity index is 1.38. The summed E-state index contributed by atoms with van der Waals surface area (Å²) < 4.78 is 5.17. The Morgan fingerprint density at radius 1 is 1.40 bits per heavy atom. The number of amides is 1. The molecule has 2 aliphatic rings. The quantitative estimate of drug-likeness (QED) is 0.795. The first-order valence-corrected chi connectivity index (χ1v) is 9.15. The smallest absolute Gasteiger partial charge is 0.221 e. The summed E-state index contributed by atoms with van der Waals surface area (Å²) in [6.45, 7) is 4.46. The van der Waals surface area contributed by atoms with Gasteiger partial charge in [0.15, 0.2) is 0 Å². The lowest BCUT2D eigenvalue weighted by Crippen LogP contribution is -2.41. The van der Waals surface area contributed by atoms with Gasteiger partial charge in [-0.2, -0.15) is 5.10 Å². The van der Waals surface area contributed by atoms with E-state index in [0.717, 1.165) is 30.0 Å². The van der Waals surface area contributed by atoms with Gasteiger partial charge in [-0.3, -0.25) is 10.2 Å². The van der Waals surface area contributed by atoms with Gasteiger partial charge in [-0.15, -0.1) is 0 Å². The lowest BCUT2D eigenvalue weighted by atomic mass is 10.1. The van der Waals surface area contributed by atoms with Crippen molar-refractivity contribution in [2.75, 3.05) is 20.2 Å². The van der Waals surface area contributed by atoms with Crippen LogP contribution in [0.4, 0.5) is 0 Å². The van der Waals surface area contributed by atoms with E-state index in [-0.39, 0.29) is 12.1 Å². The summed E-state index contributed by atoms with van der Waals surface area (Å²) in [6, 6.07) is 8.48. The Hall–Kier alpha value is -2.08. The number of nitrogens with one attached hydrogen (secondary N) is 2. The van der Waals surface area contributed by atoms with Gasteiger partial charge < -0.3 is 15.0 Å². The zero-order chi connectivity index (χ0) is 17.6. The van der Waals surface area contributed by atoms with Crippen LogP contribution < -0.4 is 15.5 Å². The van der Waals surface area contributed by atoms with Crippen LogP contribution in [0.3, 0.4) is 0 Å². The van der Waals surface area contributed by atoms with Gasteiger partial charge in [0.05, 0.1) is 12.8 Å². The van der Waals surface area contributed by atoms with Crippen molar-refractivity contribution in [3.63, 3.8) is 0 Å². The molecular formula is C19H28N4O2. The largest absolute Gasteiger partial charge is 0.497 e. The molecule has 1 aromatic rings. The number of hydrogen-bond donors (Lipinski definition) is 2. The van der Waals surface area contributed by atoms with Crippen LogP contribution in [0.5, 0.6) is 5.75 Å². The van der Waals surface area contributed by atoms with E-state index >= 15 is 0 Å². The summed E-state index contributed by atoms with van der Waals surface area (Å²) >= 11 is 0. The first-order chi connectivity index (χ1) is 12.2. The average Bonchev–Trinajstić information content (AvgIpc) is 3.24. The second kappa shape index (κ2) is 8.34. The van der Waals surface area contributed by atoms with Gasteiger partial charge in [0.1, 0.15) is 11.9 Å². The molecule has 2 heterocycles. The Bertz CT molecular complexity index is 614. The Kier molecular flexibility index (Phi) is 5.91. The fourth-order valence-corrected chi connectivity index (χ4v) is 3.52. The minimum absolute atomic E-state index is 0.0931. The van der Waals surface area contributed by atoms with Crippen molar-refractivity contribution in [3.8, 4) is 5.75 Å². The minimum atomic E-state index is -0.115. The first kappa shape index (κ1) is 17.7. The molecule has 2 N–H and O–H groups in total. The molecule has 25 heavy (non-hydrogen) atoms. The van der Waals surface area contributed by atoms with Gasteiger partial charge in [-0.25, -0.2) is 0 Å². The van der Waals surface area contributed by atoms with Crippen molar-refractivity contribution in [2.45, 2.75) is 51.2 Å². The highest BCUT2D eigenvalue weighted by Gasteiger charge is 2.22. The molecule has 1 saturated heterocycles. The lowest BCUT2D eigenvalue weighted by molar-refractivity contribution is -0.122. The van der Waals surface area contributed by atoms with Crippen LogP contribution >= 0.6 is 0 Å². The van der Waals surface area contributed by atoms with Crippen molar-refractivity contribution in [2.24, 2.45) is 5.10 Å². The molecule has 0 saturated carbocycles. The van der Waals surface area contributed by atoms with Gasteiger partial charge in [-0.05, 0) is 69.1 Å². The molecule has 0 aliphatic carbocycles. The molecule has 2 atom stereocenters. The highest BCUT2D eigenvalue weighted by Crippen LogP contribution is 2.17. The number of likely N-dealkylation sites (tertiary alicyclic amines) is 1. The van der Waals surface area contributed by atoms with Crippen LogP contribution in [0.15, 0.2) is 29.4 Å². The van der Waals surface area contributed by atoms with Crippen molar-refractivity contribution < 1.29 is 9.53 Å². The maximum absolute atomic E-state index is 12.1. The van der Waals surface area contributed by atoms with E-state index in [9.17, 15) is 4.79 Å². The summed E-state index contributed by atoms with van der Waals surface area (Å²) in [4.78, 5) is 14.6. The SMILES string of the molecule is COc1ccc(C2=NNC(NC(=O)CCCN3CCC[C@@H]3C)C2)cc1. The predicted molar refractivity (Wildman–Crippen MR) is 98.7 cm³/mol. The molecule has 6 nitrogen and oxygen atoms in total. The second-order valence-electron chi connectivity index (χ2n) is 6.87. The van der Waals surface area contributed by atoms with E-state index in [4.69, 9.17) is 4.74 Å². The number of hydrogen-bond acceptors (Lipinski definition) is 5. The molecule has 1 amide bonds. The summed E-state index contributed by atoms with van der Waals surface area (Å²) in [6.07, 6.45) is 4.62. The number of carbonyl (C=O) groups excluding carboxylic acids is 1. The molecular weight excluding hydrogens is 316 g/mol. The molecule has 6 heteroatoms. The number of carbonyl (C=O) groups is 1. The third-order valence-corrected chi connectivity index (χ3v) is 5.05. The Morgan fingerprint density at radius 3 is 2.88 bits per heavy atom. The fourth-order valence-electron chi connectivity index (χ4n) is 3.52. The first-order valence-electron chi connectivity index (χ1n) is 9.15. The van der Waals surface area contributed by atoms with Crippen LogP contribution in [0, 0.1) is 0 Å². The lowest BCUT2D eigenvalue weighted by Gasteiger charge is -2.20. The number of hydrazone groups is 1. The van der Waals surface area contributed by atoms with E-state index in [0.29, 0.717) is 18.9 Å². The van der Waals surface area contributed by atoms with Crippen LogP contribution in [0.1, 0.15) is 44.6 Å². The average molecular weight is 344 g/mol. The van der Waals surface area contributed by atoms with E-state index in [1.807, 2.05) is 24.3 Å². The monoisotopic (exact) mass is 344 g/mol. The van der Waals surface area contributed by atoms with E-state index in [2.05, 4.69) is 27.7 Å². The summed E-state index contributed by atoms with van der Waals surface area (Å²) in [5.41, 5.74) is 5.02. The molecule has 2 aliphatic heterocycles. The van der Waals surface area contributed by atoms with Gasteiger partial charge in [-0.1, -0.05) is 0 Å². The fraction of sp³-hybridized carbons (Fsp3) is 0.579. The van der Waals surface area contributed by atoms with E-state index < -0.39 is 0 Å². The Labute approximate surface area is 149 Å². The molecule has 0 spiro atoms.